The molecule has 1 fully saturated rings. The van der Waals surface area contributed by atoms with Gasteiger partial charge >= 0.3 is 0 Å². The number of rotatable bonds is 2. The molecular formula is C22H23NO3S. The highest BCUT2D eigenvalue weighted by atomic mass is 32.1. The second kappa shape index (κ2) is 6.71. The molecule has 0 bridgehead atoms. The molecule has 0 radical (unpaired) electrons. The molecule has 27 heavy (non-hydrogen) atoms. The van der Waals surface area contributed by atoms with Crippen molar-refractivity contribution >= 4 is 23.3 Å². The standard InChI is InChI=1S/C22H23NO3S/c24-21(6-5-17-4-3-11-27-17)23-14-16-12-19-20(26-10-9-25-19)13-18(16)22(15-23)7-1-2-8-22/h3-6,11-13H,1-2,7-10,14-15H2. The smallest absolute Gasteiger partial charge is 0.246 e. The molecule has 2 aliphatic heterocycles. The molecule has 5 heteroatoms. The molecule has 5 rings (SSSR count). The van der Waals surface area contributed by atoms with Gasteiger partial charge in [0, 0.05) is 29.5 Å². The highest BCUT2D eigenvalue weighted by Crippen LogP contribution is 2.49. The molecule has 1 aliphatic carbocycles. The second-order valence-corrected chi connectivity index (χ2v) is 8.66. The fourth-order valence-electron chi connectivity index (χ4n) is 4.75. The van der Waals surface area contributed by atoms with E-state index >= 15 is 0 Å². The lowest BCUT2D eigenvalue weighted by atomic mass is 9.73. The molecule has 3 aliphatic rings. The average Bonchev–Trinajstić information content (AvgIpc) is 3.37. The lowest BCUT2D eigenvalue weighted by molar-refractivity contribution is -0.128. The molecule has 1 amide bonds. The van der Waals surface area contributed by atoms with Gasteiger partial charge in [0.2, 0.25) is 5.91 Å². The second-order valence-electron chi connectivity index (χ2n) is 7.68. The number of hydrogen-bond acceptors (Lipinski definition) is 4. The Bertz CT molecular complexity index is 881. The average molecular weight is 381 g/mol. The first-order valence-electron chi connectivity index (χ1n) is 9.67. The van der Waals surface area contributed by atoms with Crippen molar-refractivity contribution in [3.8, 4) is 11.5 Å². The summed E-state index contributed by atoms with van der Waals surface area (Å²) in [5.74, 6) is 1.77. The van der Waals surface area contributed by atoms with Crippen molar-refractivity contribution in [2.45, 2.75) is 37.6 Å². The van der Waals surface area contributed by atoms with E-state index in [2.05, 4.69) is 12.1 Å². The van der Waals surface area contributed by atoms with E-state index in [9.17, 15) is 4.79 Å². The highest BCUT2D eigenvalue weighted by Gasteiger charge is 2.43. The molecule has 2 aromatic rings. The van der Waals surface area contributed by atoms with E-state index in [4.69, 9.17) is 9.47 Å². The Morgan fingerprint density at radius 3 is 2.67 bits per heavy atom. The van der Waals surface area contributed by atoms with E-state index in [1.165, 1.54) is 24.0 Å². The van der Waals surface area contributed by atoms with Crippen molar-refractivity contribution in [3.05, 3.63) is 51.7 Å². The van der Waals surface area contributed by atoms with Gasteiger partial charge in [0.1, 0.15) is 13.2 Å². The number of hydrogen-bond donors (Lipinski definition) is 0. The van der Waals surface area contributed by atoms with Crippen molar-refractivity contribution in [2.24, 2.45) is 0 Å². The summed E-state index contributed by atoms with van der Waals surface area (Å²) < 4.78 is 11.6. The van der Waals surface area contributed by atoms with Gasteiger partial charge in [-0.3, -0.25) is 4.79 Å². The third kappa shape index (κ3) is 3.04. The lowest BCUT2D eigenvalue weighted by Gasteiger charge is -2.42. The zero-order valence-electron chi connectivity index (χ0n) is 15.3. The first-order chi connectivity index (χ1) is 13.2. The molecule has 140 valence electrons. The molecule has 0 saturated heterocycles. The van der Waals surface area contributed by atoms with Crippen molar-refractivity contribution in [3.63, 3.8) is 0 Å². The van der Waals surface area contributed by atoms with Gasteiger partial charge < -0.3 is 14.4 Å². The van der Waals surface area contributed by atoms with E-state index in [1.807, 2.05) is 28.5 Å². The molecular weight excluding hydrogens is 358 g/mol. The number of fused-ring (bicyclic) bond motifs is 3. The number of thiophene rings is 1. The summed E-state index contributed by atoms with van der Waals surface area (Å²) in [5.41, 5.74) is 2.65. The number of carbonyl (C=O) groups is 1. The maximum Gasteiger partial charge on any atom is 0.246 e. The largest absolute Gasteiger partial charge is 0.486 e. The van der Waals surface area contributed by atoms with Crippen LogP contribution < -0.4 is 9.47 Å². The Labute approximate surface area is 163 Å². The van der Waals surface area contributed by atoms with E-state index in [0.717, 1.165) is 35.8 Å². The molecule has 1 aromatic carbocycles. The zero-order chi connectivity index (χ0) is 18.3. The van der Waals surface area contributed by atoms with Gasteiger partial charge in [-0.1, -0.05) is 18.9 Å². The third-order valence-corrected chi connectivity index (χ3v) is 6.84. The van der Waals surface area contributed by atoms with Crippen LogP contribution >= 0.6 is 11.3 Å². The van der Waals surface area contributed by atoms with E-state index in [1.54, 1.807) is 17.4 Å². The zero-order valence-corrected chi connectivity index (χ0v) is 16.1. The Morgan fingerprint density at radius 2 is 1.93 bits per heavy atom. The minimum absolute atomic E-state index is 0.0653. The number of amides is 1. The minimum atomic E-state index is 0.0653. The Balaban J connectivity index is 1.48. The quantitative estimate of drug-likeness (QED) is 0.725. The number of carbonyl (C=O) groups excluding carboxylic acids is 1. The maximum absolute atomic E-state index is 12.9. The van der Waals surface area contributed by atoms with Crippen LogP contribution in [-0.2, 0) is 16.8 Å². The van der Waals surface area contributed by atoms with Gasteiger partial charge in [-0.15, -0.1) is 11.3 Å². The third-order valence-electron chi connectivity index (χ3n) is 6.00. The number of benzene rings is 1. The fraction of sp³-hybridized carbons (Fsp3) is 0.409. The highest BCUT2D eigenvalue weighted by molar-refractivity contribution is 7.10. The topological polar surface area (TPSA) is 38.8 Å². The molecule has 0 N–H and O–H groups in total. The van der Waals surface area contributed by atoms with Crippen LogP contribution in [0.4, 0.5) is 0 Å². The summed E-state index contributed by atoms with van der Waals surface area (Å²) in [6.07, 6.45) is 8.36. The summed E-state index contributed by atoms with van der Waals surface area (Å²) in [6, 6.07) is 8.33. The molecule has 4 nitrogen and oxygen atoms in total. The first kappa shape index (κ1) is 16.9. The van der Waals surface area contributed by atoms with Gasteiger partial charge in [0.05, 0.1) is 0 Å². The monoisotopic (exact) mass is 381 g/mol. The summed E-state index contributed by atoms with van der Waals surface area (Å²) in [5, 5.41) is 2.03. The van der Waals surface area contributed by atoms with Gasteiger partial charge in [0.25, 0.3) is 0 Å². The van der Waals surface area contributed by atoms with Crippen molar-refractivity contribution in [2.75, 3.05) is 19.8 Å². The Morgan fingerprint density at radius 1 is 1.15 bits per heavy atom. The van der Waals surface area contributed by atoms with Crippen molar-refractivity contribution < 1.29 is 14.3 Å². The molecule has 1 aromatic heterocycles. The van der Waals surface area contributed by atoms with Crippen LogP contribution in [0.3, 0.4) is 0 Å². The first-order valence-corrected chi connectivity index (χ1v) is 10.6. The van der Waals surface area contributed by atoms with E-state index in [-0.39, 0.29) is 11.3 Å². The predicted molar refractivity (Wildman–Crippen MR) is 106 cm³/mol. The van der Waals surface area contributed by atoms with Crippen molar-refractivity contribution in [1.82, 2.24) is 4.90 Å². The fourth-order valence-corrected chi connectivity index (χ4v) is 5.37. The van der Waals surface area contributed by atoms with Gasteiger partial charge in [-0.2, -0.15) is 0 Å². The van der Waals surface area contributed by atoms with Crippen LogP contribution in [-0.4, -0.2) is 30.6 Å². The molecule has 1 spiro atoms. The normalized spacial score (nSPS) is 20.2. The van der Waals surface area contributed by atoms with Crippen LogP contribution in [0.15, 0.2) is 35.7 Å². The van der Waals surface area contributed by atoms with E-state index in [0.29, 0.717) is 19.8 Å². The predicted octanol–water partition coefficient (Wildman–Crippen LogP) is 4.39. The van der Waals surface area contributed by atoms with Gasteiger partial charge in [-0.25, -0.2) is 0 Å². The number of ether oxygens (including phenoxy) is 2. The van der Waals surface area contributed by atoms with Gasteiger partial charge in [0.15, 0.2) is 11.5 Å². The Kier molecular flexibility index (Phi) is 4.20. The molecule has 3 heterocycles. The van der Waals surface area contributed by atoms with Crippen LogP contribution in [0, 0.1) is 0 Å². The molecule has 1 saturated carbocycles. The molecule has 0 unspecified atom stereocenters. The van der Waals surface area contributed by atoms with E-state index < -0.39 is 0 Å². The van der Waals surface area contributed by atoms with Crippen LogP contribution in [0.25, 0.3) is 6.08 Å². The summed E-state index contributed by atoms with van der Waals surface area (Å²) >= 11 is 1.65. The van der Waals surface area contributed by atoms with Crippen LogP contribution in [0.1, 0.15) is 41.7 Å². The summed E-state index contributed by atoms with van der Waals surface area (Å²) in [6.45, 7) is 2.63. The van der Waals surface area contributed by atoms with Crippen molar-refractivity contribution in [1.29, 1.82) is 0 Å². The van der Waals surface area contributed by atoms with Crippen LogP contribution in [0.5, 0.6) is 11.5 Å². The SMILES string of the molecule is O=C(C=Cc1cccs1)N1Cc2cc3c(cc2C2(CCCC2)C1)OCCO3. The summed E-state index contributed by atoms with van der Waals surface area (Å²) in [4.78, 5) is 16.0. The number of nitrogens with zero attached hydrogens (tertiary/aromatic N) is 1. The maximum atomic E-state index is 12.9. The summed E-state index contributed by atoms with van der Waals surface area (Å²) in [7, 11) is 0. The van der Waals surface area contributed by atoms with Crippen LogP contribution in [0.2, 0.25) is 0 Å². The lowest BCUT2D eigenvalue weighted by Crippen LogP contribution is -2.46. The minimum Gasteiger partial charge on any atom is -0.486 e. The molecule has 0 atom stereocenters. The van der Waals surface area contributed by atoms with Gasteiger partial charge in [-0.05, 0) is 53.6 Å². The Hall–Kier alpha value is -2.27.